The van der Waals surface area contributed by atoms with Crippen LogP contribution in [0.15, 0.2) is 41.8 Å². The van der Waals surface area contributed by atoms with E-state index < -0.39 is 0 Å². The van der Waals surface area contributed by atoms with Crippen LogP contribution < -0.4 is 5.32 Å². The number of amides is 2. The summed E-state index contributed by atoms with van der Waals surface area (Å²) in [6.07, 6.45) is 5.34. The molecule has 1 unspecified atom stereocenters. The molecule has 0 radical (unpaired) electrons. The molecule has 2 saturated heterocycles. The summed E-state index contributed by atoms with van der Waals surface area (Å²) in [5, 5.41) is 5.10. The Morgan fingerprint density at radius 3 is 2.48 bits per heavy atom. The van der Waals surface area contributed by atoms with E-state index in [-0.39, 0.29) is 17.7 Å². The Balaban J connectivity index is 1.28. The van der Waals surface area contributed by atoms with E-state index in [1.54, 1.807) is 0 Å². The second-order valence-electron chi connectivity index (χ2n) is 8.85. The molecule has 2 aliphatic rings. The summed E-state index contributed by atoms with van der Waals surface area (Å²) in [6, 6.07) is 12.9. The number of benzene rings is 1. The first-order chi connectivity index (χ1) is 15.1. The van der Waals surface area contributed by atoms with Gasteiger partial charge in [0.1, 0.15) is 0 Å². The van der Waals surface area contributed by atoms with Crippen LogP contribution in [0.2, 0.25) is 0 Å². The van der Waals surface area contributed by atoms with Crippen LogP contribution in [-0.4, -0.2) is 47.3 Å². The fraction of sp³-hybridized carbons (Fsp3) is 0.520. The van der Waals surface area contributed by atoms with E-state index >= 15 is 0 Å². The predicted molar refractivity (Wildman–Crippen MR) is 125 cm³/mol. The fourth-order valence-corrected chi connectivity index (χ4v) is 5.41. The van der Waals surface area contributed by atoms with Gasteiger partial charge in [-0.25, -0.2) is 0 Å². The summed E-state index contributed by atoms with van der Waals surface area (Å²) in [7, 11) is 0. The van der Waals surface area contributed by atoms with Crippen molar-refractivity contribution in [3.63, 3.8) is 0 Å². The summed E-state index contributed by atoms with van der Waals surface area (Å²) in [4.78, 5) is 30.5. The van der Waals surface area contributed by atoms with Gasteiger partial charge in [-0.05, 0) is 61.7 Å². The quantitative estimate of drug-likeness (QED) is 0.730. The normalized spacial score (nSPS) is 20.5. The molecule has 2 fully saturated rings. The van der Waals surface area contributed by atoms with E-state index in [0.29, 0.717) is 25.7 Å². The first kappa shape index (κ1) is 22.0. The van der Waals surface area contributed by atoms with Gasteiger partial charge >= 0.3 is 0 Å². The Hall–Kier alpha value is -2.18. The van der Waals surface area contributed by atoms with Gasteiger partial charge in [0.2, 0.25) is 5.91 Å². The summed E-state index contributed by atoms with van der Waals surface area (Å²) in [5.41, 5.74) is 2.52. The third kappa shape index (κ3) is 5.55. The van der Waals surface area contributed by atoms with E-state index in [1.165, 1.54) is 41.7 Å². The first-order valence-corrected chi connectivity index (χ1v) is 12.4. The topological polar surface area (TPSA) is 52.7 Å². The average molecular weight is 440 g/mol. The number of rotatable bonds is 6. The van der Waals surface area contributed by atoms with Gasteiger partial charge in [-0.1, -0.05) is 36.8 Å². The number of carbonyl (C=O) groups excluding carboxylic acids is 2. The lowest BCUT2D eigenvalue weighted by molar-refractivity contribution is -0.126. The van der Waals surface area contributed by atoms with Crippen LogP contribution in [0.4, 0.5) is 0 Å². The van der Waals surface area contributed by atoms with Gasteiger partial charge in [0.05, 0.1) is 4.88 Å². The van der Waals surface area contributed by atoms with Crippen molar-refractivity contribution in [1.82, 2.24) is 15.1 Å². The molecule has 31 heavy (non-hydrogen) atoms. The van der Waals surface area contributed by atoms with Crippen molar-refractivity contribution in [2.24, 2.45) is 5.92 Å². The number of hydrogen-bond donors (Lipinski definition) is 1. The van der Waals surface area contributed by atoms with Gasteiger partial charge in [-0.2, -0.15) is 0 Å². The Labute approximate surface area is 189 Å². The monoisotopic (exact) mass is 439 g/mol. The molecular formula is C25H33N3O2S. The Morgan fingerprint density at radius 1 is 1.00 bits per heavy atom. The zero-order chi connectivity index (χ0) is 21.6. The Bertz CT molecular complexity index is 875. The van der Waals surface area contributed by atoms with Crippen LogP contribution in [0.3, 0.4) is 0 Å². The summed E-state index contributed by atoms with van der Waals surface area (Å²) in [5.74, 6) is 0.195. The number of piperidine rings is 2. The van der Waals surface area contributed by atoms with E-state index in [9.17, 15) is 9.59 Å². The van der Waals surface area contributed by atoms with Gasteiger partial charge in [0.15, 0.2) is 0 Å². The van der Waals surface area contributed by atoms with Crippen LogP contribution in [0.5, 0.6) is 0 Å². The molecule has 2 amide bonds. The highest BCUT2D eigenvalue weighted by Crippen LogP contribution is 2.23. The lowest BCUT2D eigenvalue weighted by Gasteiger charge is -2.34. The molecule has 166 valence electrons. The lowest BCUT2D eigenvalue weighted by Crippen LogP contribution is -2.42. The number of carbonyl (C=O) groups is 2. The molecule has 0 bridgehead atoms. The van der Waals surface area contributed by atoms with Crippen LogP contribution in [0, 0.1) is 5.92 Å². The number of nitrogens with zero attached hydrogens (tertiary/aromatic N) is 2. The second-order valence-corrected chi connectivity index (χ2v) is 9.79. The van der Waals surface area contributed by atoms with Crippen molar-refractivity contribution in [1.29, 1.82) is 0 Å². The van der Waals surface area contributed by atoms with E-state index in [2.05, 4.69) is 41.4 Å². The van der Waals surface area contributed by atoms with Crippen molar-refractivity contribution in [3.8, 4) is 0 Å². The lowest BCUT2D eigenvalue weighted by atomic mass is 9.95. The molecule has 6 heteroatoms. The Morgan fingerprint density at radius 2 is 1.77 bits per heavy atom. The van der Waals surface area contributed by atoms with E-state index in [0.717, 1.165) is 30.8 Å². The number of likely N-dealkylation sites (tertiary alicyclic amines) is 2. The highest BCUT2D eigenvalue weighted by Gasteiger charge is 2.28. The number of thiophene rings is 1. The first-order valence-electron chi connectivity index (χ1n) is 11.5. The molecule has 1 N–H and O–H groups in total. The van der Waals surface area contributed by atoms with Crippen LogP contribution in [0.1, 0.15) is 59.8 Å². The number of nitrogens with one attached hydrogen (secondary N) is 1. The summed E-state index contributed by atoms with van der Waals surface area (Å²) < 4.78 is 0. The molecule has 0 spiro atoms. The highest BCUT2D eigenvalue weighted by atomic mass is 32.1. The van der Waals surface area contributed by atoms with E-state index in [4.69, 9.17) is 0 Å². The van der Waals surface area contributed by atoms with Crippen molar-refractivity contribution in [3.05, 3.63) is 57.8 Å². The van der Waals surface area contributed by atoms with E-state index in [1.807, 2.05) is 22.4 Å². The smallest absolute Gasteiger partial charge is 0.263 e. The zero-order valence-corrected chi connectivity index (χ0v) is 19.2. The van der Waals surface area contributed by atoms with Crippen molar-refractivity contribution in [2.75, 3.05) is 19.6 Å². The molecule has 2 aromatic rings. The maximum atomic E-state index is 12.8. The fourth-order valence-electron chi connectivity index (χ4n) is 4.72. The highest BCUT2D eigenvalue weighted by molar-refractivity contribution is 7.12. The predicted octanol–water partition coefficient (Wildman–Crippen LogP) is 4.29. The molecule has 1 aromatic carbocycles. The molecule has 1 aromatic heterocycles. The minimum atomic E-state index is -0.0123. The van der Waals surface area contributed by atoms with Crippen LogP contribution in [-0.2, 0) is 17.9 Å². The maximum Gasteiger partial charge on any atom is 0.263 e. The zero-order valence-electron chi connectivity index (χ0n) is 18.4. The molecule has 5 nitrogen and oxygen atoms in total. The van der Waals surface area contributed by atoms with Gasteiger partial charge in [0, 0.05) is 38.1 Å². The molecule has 2 aliphatic heterocycles. The van der Waals surface area contributed by atoms with Gasteiger partial charge in [0.25, 0.3) is 5.91 Å². The van der Waals surface area contributed by atoms with Crippen molar-refractivity contribution in [2.45, 2.75) is 58.2 Å². The van der Waals surface area contributed by atoms with Crippen molar-refractivity contribution >= 4 is 23.2 Å². The summed E-state index contributed by atoms with van der Waals surface area (Å²) in [6.45, 7) is 6.31. The summed E-state index contributed by atoms with van der Waals surface area (Å²) >= 11 is 1.48. The molecular weight excluding hydrogens is 406 g/mol. The van der Waals surface area contributed by atoms with Crippen LogP contribution >= 0.6 is 11.3 Å². The largest absolute Gasteiger partial charge is 0.352 e. The molecule has 4 rings (SSSR count). The molecule has 0 saturated carbocycles. The Kier molecular flexibility index (Phi) is 7.41. The average Bonchev–Trinajstić information content (AvgIpc) is 3.34. The second kappa shape index (κ2) is 10.4. The SMILES string of the molecule is CC1CCCCN1Cc1ccccc1CNC(=O)C1CCN(C(=O)c2cccs2)CC1. The minimum Gasteiger partial charge on any atom is -0.352 e. The minimum absolute atomic E-state index is 0.0123. The van der Waals surface area contributed by atoms with Gasteiger partial charge in [-0.15, -0.1) is 11.3 Å². The van der Waals surface area contributed by atoms with Crippen LogP contribution in [0.25, 0.3) is 0 Å². The third-order valence-electron chi connectivity index (χ3n) is 6.77. The standard InChI is InChI=1S/C25H33N3O2S/c1-19-7-4-5-13-28(19)18-22-9-3-2-8-21(22)17-26-24(29)20-11-14-27(15-12-20)25(30)23-10-6-16-31-23/h2-3,6,8-10,16,19-20H,4-5,7,11-15,17-18H2,1H3,(H,26,29). The number of hydrogen-bond acceptors (Lipinski definition) is 4. The van der Waals surface area contributed by atoms with Crippen molar-refractivity contribution < 1.29 is 9.59 Å². The van der Waals surface area contributed by atoms with Gasteiger partial charge < -0.3 is 10.2 Å². The molecule has 3 heterocycles. The molecule has 1 atom stereocenters. The third-order valence-corrected chi connectivity index (χ3v) is 7.63. The van der Waals surface area contributed by atoms with Gasteiger partial charge in [-0.3, -0.25) is 14.5 Å². The molecule has 0 aliphatic carbocycles. The maximum absolute atomic E-state index is 12.8.